The Kier molecular flexibility index (Phi) is 4.16. The summed E-state index contributed by atoms with van der Waals surface area (Å²) >= 11 is 5.88. The number of benzene rings is 1. The fraction of sp³-hybridized carbons (Fsp3) is 0.625. The summed E-state index contributed by atoms with van der Waals surface area (Å²) in [6.45, 7) is 0. The van der Waals surface area contributed by atoms with E-state index in [1.165, 1.54) is 0 Å². The van der Waals surface area contributed by atoms with Gasteiger partial charge in [0.05, 0.1) is 0 Å². The number of halogens is 4. The van der Waals surface area contributed by atoms with E-state index >= 15 is 0 Å². The molecule has 2 unspecified atom stereocenters. The molecule has 1 N–H and O–H groups in total. The van der Waals surface area contributed by atoms with Gasteiger partial charge in [-0.3, -0.25) is 0 Å². The van der Waals surface area contributed by atoms with Crippen LogP contribution in [0.4, 0.5) is 13.2 Å². The van der Waals surface area contributed by atoms with E-state index in [2.05, 4.69) is 0 Å². The first kappa shape index (κ1) is 16.1. The molecule has 3 rings (SSSR count). The zero-order chi connectivity index (χ0) is 16.1. The van der Waals surface area contributed by atoms with Crippen molar-refractivity contribution in [1.82, 2.24) is 4.90 Å². The third-order valence-electron chi connectivity index (χ3n) is 5.33. The third-order valence-corrected chi connectivity index (χ3v) is 5.58. The molecule has 0 aliphatic carbocycles. The minimum absolute atomic E-state index is 0.226. The van der Waals surface area contributed by atoms with E-state index in [0.29, 0.717) is 23.9 Å². The monoisotopic (exact) mass is 333 g/mol. The Labute approximate surface area is 132 Å². The van der Waals surface area contributed by atoms with Crippen molar-refractivity contribution in [2.24, 2.45) is 5.92 Å². The Morgan fingerprint density at radius 1 is 1.23 bits per heavy atom. The van der Waals surface area contributed by atoms with Crippen LogP contribution in [0.25, 0.3) is 0 Å². The van der Waals surface area contributed by atoms with Crippen LogP contribution < -0.4 is 0 Å². The number of hydrogen-bond acceptors (Lipinski definition) is 2. The van der Waals surface area contributed by atoms with Crippen molar-refractivity contribution in [1.29, 1.82) is 0 Å². The highest BCUT2D eigenvalue weighted by Crippen LogP contribution is 2.49. The molecule has 0 saturated carbocycles. The second-order valence-electron chi connectivity index (χ2n) is 6.42. The first-order valence-electron chi connectivity index (χ1n) is 7.51. The molecule has 2 heterocycles. The molecule has 0 amide bonds. The van der Waals surface area contributed by atoms with Gasteiger partial charge in [-0.2, -0.15) is 13.2 Å². The number of aliphatic hydroxyl groups is 1. The molecule has 5 atom stereocenters. The minimum atomic E-state index is -4.59. The normalized spacial score (nSPS) is 33.9. The van der Waals surface area contributed by atoms with Gasteiger partial charge in [-0.25, -0.2) is 0 Å². The quantitative estimate of drug-likeness (QED) is 0.889. The van der Waals surface area contributed by atoms with E-state index in [1.807, 2.05) is 11.9 Å². The maximum Gasteiger partial charge on any atom is 0.414 e. The van der Waals surface area contributed by atoms with E-state index in [-0.39, 0.29) is 12.0 Å². The highest BCUT2D eigenvalue weighted by molar-refractivity contribution is 6.30. The van der Waals surface area contributed by atoms with E-state index in [4.69, 9.17) is 11.6 Å². The molecule has 2 bridgehead atoms. The highest BCUT2D eigenvalue weighted by atomic mass is 35.5. The molecule has 0 spiro atoms. The number of hydrogen-bond donors (Lipinski definition) is 1. The molecule has 2 fully saturated rings. The molecule has 0 radical (unpaired) electrons. The van der Waals surface area contributed by atoms with Crippen molar-refractivity contribution in [2.45, 2.75) is 49.5 Å². The van der Waals surface area contributed by atoms with E-state index in [9.17, 15) is 18.3 Å². The van der Waals surface area contributed by atoms with Crippen LogP contribution in [0.3, 0.4) is 0 Å². The van der Waals surface area contributed by atoms with Gasteiger partial charge in [0.1, 0.15) is 0 Å². The summed E-state index contributed by atoms with van der Waals surface area (Å²) in [7, 11) is 1.87. The van der Waals surface area contributed by atoms with E-state index in [0.717, 1.165) is 12.0 Å². The van der Waals surface area contributed by atoms with Gasteiger partial charge in [0, 0.05) is 23.0 Å². The van der Waals surface area contributed by atoms with Crippen molar-refractivity contribution in [3.8, 4) is 0 Å². The summed E-state index contributed by atoms with van der Waals surface area (Å²) in [6.07, 6.45) is -4.63. The predicted molar refractivity (Wildman–Crippen MR) is 78.9 cm³/mol. The van der Waals surface area contributed by atoms with Crippen LogP contribution in [0.5, 0.6) is 0 Å². The molecule has 2 saturated heterocycles. The lowest BCUT2D eigenvalue weighted by Gasteiger charge is -2.45. The van der Waals surface area contributed by atoms with Gasteiger partial charge in [0.15, 0.2) is 6.10 Å². The Balaban J connectivity index is 1.97. The van der Waals surface area contributed by atoms with Gasteiger partial charge < -0.3 is 10.0 Å². The van der Waals surface area contributed by atoms with Crippen molar-refractivity contribution in [3.05, 3.63) is 34.9 Å². The Morgan fingerprint density at radius 2 is 1.86 bits per heavy atom. The number of fused-ring (bicyclic) bond motifs is 2. The lowest BCUT2D eigenvalue weighted by Crippen LogP contribution is -2.53. The summed E-state index contributed by atoms with van der Waals surface area (Å²) in [6, 6.07) is 7.04. The number of aliphatic hydroxyl groups excluding tert-OH is 1. The summed E-state index contributed by atoms with van der Waals surface area (Å²) in [5.74, 6) is -1.12. The maximum absolute atomic E-state index is 13.1. The molecule has 22 heavy (non-hydrogen) atoms. The molecular formula is C16H19ClF3NO. The van der Waals surface area contributed by atoms with Crippen LogP contribution in [0.2, 0.25) is 5.02 Å². The smallest absolute Gasteiger partial charge is 0.383 e. The van der Waals surface area contributed by atoms with Crippen molar-refractivity contribution >= 4 is 11.6 Å². The average Bonchev–Trinajstić information content (AvgIpc) is 2.70. The second-order valence-corrected chi connectivity index (χ2v) is 6.86. The van der Waals surface area contributed by atoms with Crippen LogP contribution in [0.1, 0.15) is 30.7 Å². The zero-order valence-corrected chi connectivity index (χ0v) is 13.0. The predicted octanol–water partition coefficient (Wildman–Crippen LogP) is 3.83. The lowest BCUT2D eigenvalue weighted by atomic mass is 9.73. The van der Waals surface area contributed by atoms with Crippen LogP contribution in [0, 0.1) is 5.92 Å². The van der Waals surface area contributed by atoms with Crippen molar-refractivity contribution in [2.75, 3.05) is 7.05 Å². The largest absolute Gasteiger partial charge is 0.414 e. The molecular weight excluding hydrogens is 315 g/mol. The van der Waals surface area contributed by atoms with Crippen LogP contribution >= 0.6 is 11.6 Å². The first-order chi connectivity index (χ1) is 10.3. The molecule has 2 nitrogen and oxygen atoms in total. The van der Waals surface area contributed by atoms with Gasteiger partial charge in [0.2, 0.25) is 0 Å². The first-order valence-corrected chi connectivity index (χ1v) is 7.89. The molecule has 0 aromatic heterocycles. The molecule has 1 aromatic rings. The number of nitrogens with zero attached hydrogens (tertiary/aromatic N) is 1. The summed E-state index contributed by atoms with van der Waals surface area (Å²) in [5, 5.41) is 10.5. The highest BCUT2D eigenvalue weighted by Gasteiger charge is 2.55. The van der Waals surface area contributed by atoms with Crippen LogP contribution in [-0.2, 0) is 0 Å². The molecule has 6 heteroatoms. The molecule has 2 aliphatic rings. The SMILES string of the molecule is CN1C2CCC1[C@@H]([C@H](O)C(F)(F)F)[C@@H](c1ccc(Cl)cc1)C2. The number of alkyl halides is 3. The Morgan fingerprint density at radius 3 is 2.45 bits per heavy atom. The van der Waals surface area contributed by atoms with E-state index < -0.39 is 18.2 Å². The van der Waals surface area contributed by atoms with E-state index in [1.54, 1.807) is 24.3 Å². The van der Waals surface area contributed by atoms with Crippen LogP contribution in [0.15, 0.2) is 24.3 Å². The molecule has 122 valence electrons. The van der Waals surface area contributed by atoms with Gasteiger partial charge in [-0.05, 0) is 49.9 Å². The minimum Gasteiger partial charge on any atom is -0.383 e. The maximum atomic E-state index is 13.1. The summed E-state index contributed by atoms with van der Waals surface area (Å²) in [5.41, 5.74) is 0.836. The molecule has 1 aromatic carbocycles. The Hall–Kier alpha value is -0.780. The number of rotatable bonds is 2. The topological polar surface area (TPSA) is 23.5 Å². The van der Waals surface area contributed by atoms with Crippen molar-refractivity contribution < 1.29 is 18.3 Å². The van der Waals surface area contributed by atoms with Gasteiger partial charge >= 0.3 is 6.18 Å². The molecule has 2 aliphatic heterocycles. The van der Waals surface area contributed by atoms with Crippen LogP contribution in [-0.4, -0.2) is 41.4 Å². The zero-order valence-electron chi connectivity index (χ0n) is 12.2. The lowest BCUT2D eigenvalue weighted by molar-refractivity contribution is -0.230. The fourth-order valence-corrected chi connectivity index (χ4v) is 4.35. The van der Waals surface area contributed by atoms with Gasteiger partial charge in [0.25, 0.3) is 0 Å². The Bertz CT molecular complexity index is 531. The summed E-state index contributed by atoms with van der Waals surface area (Å²) in [4.78, 5) is 2.02. The second kappa shape index (κ2) is 5.69. The third kappa shape index (κ3) is 2.74. The fourth-order valence-electron chi connectivity index (χ4n) is 4.22. The average molecular weight is 334 g/mol. The van der Waals surface area contributed by atoms with Gasteiger partial charge in [-0.1, -0.05) is 23.7 Å². The van der Waals surface area contributed by atoms with Crippen molar-refractivity contribution in [3.63, 3.8) is 0 Å². The standard InChI is InChI=1S/C16H19ClF3NO/c1-21-11-6-7-13(21)14(15(22)16(18,19)20)12(8-11)9-2-4-10(17)5-3-9/h2-5,11-15,22H,6-8H2,1H3/t11?,12-,13?,14+,15+/m1/s1. The number of piperidine rings is 1. The van der Waals surface area contributed by atoms with Gasteiger partial charge in [-0.15, -0.1) is 0 Å². The summed E-state index contributed by atoms with van der Waals surface area (Å²) < 4.78 is 39.4.